The van der Waals surface area contributed by atoms with Gasteiger partial charge in [-0.2, -0.15) is 5.10 Å². The number of methoxy groups -OCH3 is 1. The van der Waals surface area contributed by atoms with E-state index < -0.39 is 0 Å². The van der Waals surface area contributed by atoms with Crippen LogP contribution in [0, 0.1) is 0 Å². The molecule has 1 aliphatic heterocycles. The molecule has 1 fully saturated rings. The zero-order chi connectivity index (χ0) is 17.1. The van der Waals surface area contributed by atoms with E-state index in [4.69, 9.17) is 19.6 Å². The minimum Gasteiger partial charge on any atom is -0.497 e. The van der Waals surface area contributed by atoms with Crippen molar-refractivity contribution in [1.29, 1.82) is 0 Å². The predicted octanol–water partition coefficient (Wildman–Crippen LogP) is 2.77. The zero-order valence-corrected chi connectivity index (χ0v) is 14.1. The average molecular weight is 336 g/mol. The number of aromatic nitrogens is 4. The van der Waals surface area contributed by atoms with Crippen molar-refractivity contribution < 1.29 is 9.47 Å². The van der Waals surface area contributed by atoms with Gasteiger partial charge >= 0.3 is 0 Å². The molecule has 3 aromatic rings. The van der Waals surface area contributed by atoms with E-state index in [1.807, 2.05) is 47.3 Å². The van der Waals surface area contributed by atoms with Crippen LogP contribution in [-0.2, 0) is 11.2 Å². The third-order valence-electron chi connectivity index (χ3n) is 4.38. The van der Waals surface area contributed by atoms with E-state index >= 15 is 0 Å². The lowest BCUT2D eigenvalue weighted by Crippen LogP contribution is -2.09. The minimum absolute atomic E-state index is 0.275. The van der Waals surface area contributed by atoms with E-state index in [0.29, 0.717) is 13.0 Å². The molecule has 3 heterocycles. The van der Waals surface area contributed by atoms with Gasteiger partial charge in [-0.3, -0.25) is 4.98 Å². The Morgan fingerprint density at radius 2 is 2.12 bits per heavy atom. The van der Waals surface area contributed by atoms with E-state index in [0.717, 1.165) is 41.7 Å². The third-order valence-corrected chi connectivity index (χ3v) is 4.38. The molecular weight excluding hydrogens is 316 g/mol. The minimum atomic E-state index is 0.275. The highest BCUT2D eigenvalue weighted by atomic mass is 16.5. The van der Waals surface area contributed by atoms with Gasteiger partial charge in [0.05, 0.1) is 25.6 Å². The second-order valence-corrected chi connectivity index (χ2v) is 6.09. The fourth-order valence-corrected chi connectivity index (χ4v) is 3.04. The molecule has 0 N–H and O–H groups in total. The maximum atomic E-state index is 5.54. The molecule has 6 heteroatoms. The number of rotatable bonds is 5. The first-order chi connectivity index (χ1) is 12.3. The van der Waals surface area contributed by atoms with E-state index in [2.05, 4.69) is 4.98 Å². The van der Waals surface area contributed by atoms with Gasteiger partial charge in [-0.15, -0.1) is 0 Å². The molecule has 128 valence electrons. The molecule has 0 spiro atoms. The monoisotopic (exact) mass is 336 g/mol. The van der Waals surface area contributed by atoms with Crippen LogP contribution in [0.25, 0.3) is 5.69 Å². The van der Waals surface area contributed by atoms with Gasteiger partial charge in [0.1, 0.15) is 11.6 Å². The Labute approximate surface area is 146 Å². The van der Waals surface area contributed by atoms with E-state index in [9.17, 15) is 0 Å². The van der Waals surface area contributed by atoms with Crippen LogP contribution in [0.4, 0.5) is 0 Å². The van der Waals surface area contributed by atoms with E-state index in [1.165, 1.54) is 0 Å². The number of hydrogen-bond acceptors (Lipinski definition) is 5. The Balaban J connectivity index is 1.66. The van der Waals surface area contributed by atoms with Crippen LogP contribution >= 0.6 is 0 Å². The lowest BCUT2D eigenvalue weighted by atomic mass is 10.1. The van der Waals surface area contributed by atoms with E-state index in [-0.39, 0.29) is 5.92 Å². The van der Waals surface area contributed by atoms with Crippen LogP contribution in [0.1, 0.15) is 29.6 Å². The van der Waals surface area contributed by atoms with Gasteiger partial charge in [-0.05, 0) is 36.2 Å². The fourth-order valence-electron chi connectivity index (χ4n) is 3.04. The van der Waals surface area contributed by atoms with Crippen LogP contribution in [0.2, 0.25) is 0 Å². The number of nitrogens with zero attached hydrogens (tertiary/aromatic N) is 4. The maximum absolute atomic E-state index is 5.54. The highest BCUT2D eigenvalue weighted by molar-refractivity contribution is 5.31. The van der Waals surface area contributed by atoms with Crippen LogP contribution in [-0.4, -0.2) is 40.1 Å². The Morgan fingerprint density at radius 1 is 1.24 bits per heavy atom. The molecule has 1 unspecified atom stereocenters. The van der Waals surface area contributed by atoms with Crippen LogP contribution < -0.4 is 4.74 Å². The summed E-state index contributed by atoms with van der Waals surface area (Å²) in [5, 5.41) is 4.74. The molecule has 25 heavy (non-hydrogen) atoms. The molecule has 0 aliphatic carbocycles. The Hall–Kier alpha value is -2.73. The van der Waals surface area contributed by atoms with Crippen molar-refractivity contribution in [1.82, 2.24) is 19.7 Å². The first-order valence-electron chi connectivity index (χ1n) is 8.40. The summed E-state index contributed by atoms with van der Waals surface area (Å²) < 4.78 is 12.7. The molecular formula is C19H20N4O2. The lowest BCUT2D eigenvalue weighted by molar-refractivity contribution is 0.193. The first kappa shape index (κ1) is 15.8. The third kappa shape index (κ3) is 3.39. The van der Waals surface area contributed by atoms with Crippen molar-refractivity contribution in [3.63, 3.8) is 0 Å². The fraction of sp³-hybridized carbons (Fsp3) is 0.316. The normalized spacial score (nSPS) is 16.9. The summed E-state index contributed by atoms with van der Waals surface area (Å²) in [7, 11) is 1.67. The van der Waals surface area contributed by atoms with Gasteiger partial charge in [-0.1, -0.05) is 12.1 Å². The molecule has 1 aliphatic rings. The molecule has 1 aromatic carbocycles. The molecule has 2 aromatic heterocycles. The first-order valence-corrected chi connectivity index (χ1v) is 8.40. The van der Waals surface area contributed by atoms with Gasteiger partial charge in [-0.25, -0.2) is 9.67 Å². The molecule has 0 amide bonds. The summed E-state index contributed by atoms with van der Waals surface area (Å²) in [6, 6.07) is 11.9. The van der Waals surface area contributed by atoms with Crippen LogP contribution in [0.15, 0.2) is 48.8 Å². The molecule has 0 saturated carbocycles. The number of pyridine rings is 1. The number of hydrogen-bond donors (Lipinski definition) is 0. The summed E-state index contributed by atoms with van der Waals surface area (Å²) in [5.41, 5.74) is 2.08. The van der Waals surface area contributed by atoms with Crippen molar-refractivity contribution in [3.8, 4) is 11.4 Å². The Bertz CT molecular complexity index is 824. The smallest absolute Gasteiger partial charge is 0.155 e. The zero-order valence-electron chi connectivity index (χ0n) is 14.1. The summed E-state index contributed by atoms with van der Waals surface area (Å²) in [6.07, 6.45) is 5.22. The molecule has 6 nitrogen and oxygen atoms in total. The molecule has 0 bridgehead atoms. The number of benzene rings is 1. The summed E-state index contributed by atoms with van der Waals surface area (Å²) in [4.78, 5) is 9.03. The Morgan fingerprint density at radius 3 is 2.80 bits per heavy atom. The Kier molecular flexibility index (Phi) is 4.43. The summed E-state index contributed by atoms with van der Waals surface area (Å²) in [5.74, 6) is 2.88. The average Bonchev–Trinajstić information content (AvgIpc) is 3.33. The van der Waals surface area contributed by atoms with Crippen molar-refractivity contribution in [2.24, 2.45) is 0 Å². The van der Waals surface area contributed by atoms with Crippen molar-refractivity contribution in [2.75, 3.05) is 20.3 Å². The quantitative estimate of drug-likeness (QED) is 0.717. The van der Waals surface area contributed by atoms with Crippen molar-refractivity contribution >= 4 is 0 Å². The van der Waals surface area contributed by atoms with Gasteiger partial charge < -0.3 is 9.47 Å². The highest BCUT2D eigenvalue weighted by Crippen LogP contribution is 2.26. The molecule has 0 radical (unpaired) electrons. The molecule has 1 atom stereocenters. The summed E-state index contributed by atoms with van der Waals surface area (Å²) in [6.45, 7) is 1.47. The van der Waals surface area contributed by atoms with Crippen molar-refractivity contribution in [2.45, 2.75) is 18.8 Å². The van der Waals surface area contributed by atoms with Gasteiger partial charge in [0, 0.05) is 25.1 Å². The van der Waals surface area contributed by atoms with Crippen LogP contribution in [0.3, 0.4) is 0 Å². The molecule has 1 saturated heterocycles. The molecule has 4 rings (SSSR count). The SMILES string of the molecule is COc1ccc(Cc2nc(C3CCOC3)n(-c3cccnc3)n2)cc1. The highest BCUT2D eigenvalue weighted by Gasteiger charge is 2.25. The van der Waals surface area contributed by atoms with Gasteiger partial charge in [0.25, 0.3) is 0 Å². The standard InChI is InChI=1S/C19H20N4O2/c1-24-17-6-4-14(5-7-17)11-18-21-19(15-8-10-25-13-15)23(22-18)16-3-2-9-20-12-16/h2-7,9,12,15H,8,10-11,13H2,1H3. The number of ether oxygens (including phenoxy) is 2. The largest absolute Gasteiger partial charge is 0.497 e. The maximum Gasteiger partial charge on any atom is 0.155 e. The van der Waals surface area contributed by atoms with Gasteiger partial charge in [0.2, 0.25) is 0 Å². The lowest BCUT2D eigenvalue weighted by Gasteiger charge is -2.09. The summed E-state index contributed by atoms with van der Waals surface area (Å²) >= 11 is 0. The second kappa shape index (κ2) is 7.03. The topological polar surface area (TPSA) is 62.1 Å². The predicted molar refractivity (Wildman–Crippen MR) is 93.1 cm³/mol. The second-order valence-electron chi connectivity index (χ2n) is 6.09. The van der Waals surface area contributed by atoms with Crippen LogP contribution in [0.5, 0.6) is 5.75 Å². The van der Waals surface area contributed by atoms with E-state index in [1.54, 1.807) is 13.3 Å². The van der Waals surface area contributed by atoms with Crippen molar-refractivity contribution in [3.05, 3.63) is 66.0 Å². The van der Waals surface area contributed by atoms with Gasteiger partial charge in [0.15, 0.2) is 5.82 Å².